The Balaban J connectivity index is 1.42. The van der Waals surface area contributed by atoms with Gasteiger partial charge in [0.1, 0.15) is 23.1 Å². The van der Waals surface area contributed by atoms with E-state index in [0.717, 1.165) is 39.4 Å². The molecule has 1 aliphatic carbocycles. The van der Waals surface area contributed by atoms with Crippen molar-refractivity contribution in [2.75, 3.05) is 11.4 Å². The Kier molecular flexibility index (Phi) is 7.46. The molecule has 3 amide bonds. The van der Waals surface area contributed by atoms with Crippen LogP contribution in [-0.2, 0) is 21.9 Å². The van der Waals surface area contributed by atoms with Gasteiger partial charge in [-0.2, -0.15) is 0 Å². The average molecular weight is 673 g/mol. The first kappa shape index (κ1) is 31.3. The fraction of sp³-hybridized carbons (Fsp3) is 0.229. The Morgan fingerprint density at radius 2 is 1.60 bits per heavy atom. The van der Waals surface area contributed by atoms with E-state index >= 15 is 0 Å². The monoisotopic (exact) mass is 672 g/mol. The summed E-state index contributed by atoms with van der Waals surface area (Å²) in [5.41, 5.74) is 0.812. The molecule has 3 aromatic carbocycles. The summed E-state index contributed by atoms with van der Waals surface area (Å²) >= 11 is 0. The summed E-state index contributed by atoms with van der Waals surface area (Å²) in [5, 5.41) is 0.221. The number of nitrogens with zero attached hydrogens (tertiary/aromatic N) is 4. The normalized spacial score (nSPS) is 16.7. The molecule has 5 aromatic rings. The van der Waals surface area contributed by atoms with Crippen LogP contribution in [0.5, 0.6) is 11.5 Å². The summed E-state index contributed by atoms with van der Waals surface area (Å²) in [4.78, 5) is 43.2. The molecular formula is C35H30F2N4O6S. The Labute approximate surface area is 274 Å². The van der Waals surface area contributed by atoms with Crippen LogP contribution >= 0.6 is 0 Å². The van der Waals surface area contributed by atoms with Gasteiger partial charge in [-0.1, -0.05) is 17.7 Å². The van der Waals surface area contributed by atoms with Crippen molar-refractivity contribution in [2.45, 2.75) is 37.6 Å². The van der Waals surface area contributed by atoms with Crippen LogP contribution in [0, 0.1) is 24.5 Å². The molecule has 1 saturated heterocycles. The average Bonchev–Trinajstić information content (AvgIpc) is 3.72. The van der Waals surface area contributed by atoms with E-state index in [1.807, 2.05) is 6.92 Å². The second kappa shape index (κ2) is 11.4. The van der Waals surface area contributed by atoms with E-state index in [1.165, 1.54) is 60.4 Å². The van der Waals surface area contributed by atoms with E-state index in [1.54, 1.807) is 24.0 Å². The van der Waals surface area contributed by atoms with Crippen LogP contribution in [-0.4, -0.2) is 46.4 Å². The lowest BCUT2D eigenvalue weighted by Gasteiger charge is -2.20. The topological polar surface area (TPSA) is 111 Å². The summed E-state index contributed by atoms with van der Waals surface area (Å²) in [5.74, 6) is -2.11. The molecule has 3 heterocycles. The van der Waals surface area contributed by atoms with Gasteiger partial charge in [0.2, 0.25) is 0 Å². The molecule has 0 spiro atoms. The highest BCUT2D eigenvalue weighted by molar-refractivity contribution is 7.90. The number of anilines is 1. The minimum atomic E-state index is -4.21. The van der Waals surface area contributed by atoms with Gasteiger partial charge in [-0.05, 0) is 81.1 Å². The molecule has 13 heteroatoms. The fourth-order valence-corrected chi connectivity index (χ4v) is 7.31. The highest BCUT2D eigenvalue weighted by Gasteiger charge is 2.45. The largest absolute Gasteiger partial charge is 0.454 e. The number of aryl methyl sites for hydroxylation is 2. The standard InChI is InChI=1S/C35H30F2N4O6S/c1-20-4-10-25(11-5-20)48(45,46)40-15-14-26-28(19-38(3)34(43)32(26)40)27-17-24(9-13-30(27)47-31-12-8-23(36)16-29(31)37)41-33(42)21(2)39(35(41)44)18-22-6-7-22/h4-5,8-17,19,21-22H,6-7,18H2,1-3H3/t21-/m0/s1. The first-order valence-electron chi connectivity index (χ1n) is 15.3. The lowest BCUT2D eigenvalue weighted by Crippen LogP contribution is -2.35. The van der Waals surface area contributed by atoms with Gasteiger partial charge in [-0.3, -0.25) is 9.59 Å². The number of benzene rings is 3. The SMILES string of the molecule is Cc1ccc(S(=O)(=O)n2ccc3c(-c4cc(N5C(=O)[C@H](C)N(CC6CC6)C5=O)ccc4Oc4ccc(F)cc4F)cn(C)c(=O)c32)cc1. The lowest BCUT2D eigenvalue weighted by molar-refractivity contribution is -0.119. The minimum absolute atomic E-state index is 0.0215. The number of imide groups is 1. The van der Waals surface area contributed by atoms with E-state index in [-0.39, 0.29) is 38.5 Å². The number of carbonyl (C=O) groups is 2. The molecule has 0 radical (unpaired) electrons. The number of pyridine rings is 1. The zero-order chi connectivity index (χ0) is 34.1. The molecule has 48 heavy (non-hydrogen) atoms. The molecule has 1 atom stereocenters. The second-order valence-corrected chi connectivity index (χ2v) is 14.1. The molecule has 0 bridgehead atoms. The quantitative estimate of drug-likeness (QED) is 0.182. The van der Waals surface area contributed by atoms with Crippen molar-refractivity contribution in [2.24, 2.45) is 13.0 Å². The maximum absolute atomic E-state index is 14.8. The van der Waals surface area contributed by atoms with Crippen molar-refractivity contribution in [1.29, 1.82) is 0 Å². The van der Waals surface area contributed by atoms with Crippen LogP contribution in [0.3, 0.4) is 0 Å². The van der Waals surface area contributed by atoms with Crippen molar-refractivity contribution in [3.8, 4) is 22.6 Å². The maximum atomic E-state index is 14.8. The number of halogens is 2. The van der Waals surface area contributed by atoms with E-state index in [4.69, 9.17) is 4.74 Å². The first-order valence-corrected chi connectivity index (χ1v) is 16.7. The number of aromatic nitrogens is 2. The number of hydrogen-bond acceptors (Lipinski definition) is 6. The first-order chi connectivity index (χ1) is 22.8. The van der Waals surface area contributed by atoms with Gasteiger partial charge < -0.3 is 14.2 Å². The van der Waals surface area contributed by atoms with E-state index in [0.29, 0.717) is 24.1 Å². The Hall–Kier alpha value is -5.30. The molecule has 0 unspecified atom stereocenters. The highest BCUT2D eigenvalue weighted by Crippen LogP contribution is 2.42. The molecule has 2 fully saturated rings. The summed E-state index contributed by atoms with van der Waals surface area (Å²) in [6.45, 7) is 3.96. The van der Waals surface area contributed by atoms with E-state index < -0.39 is 45.2 Å². The van der Waals surface area contributed by atoms with Gasteiger partial charge in [0, 0.05) is 48.6 Å². The number of hydrogen-bond donors (Lipinski definition) is 0. The number of carbonyl (C=O) groups excluding carboxylic acids is 2. The second-order valence-electron chi connectivity index (χ2n) is 12.2. The third-order valence-corrected chi connectivity index (χ3v) is 10.5. The molecule has 1 aliphatic heterocycles. The van der Waals surface area contributed by atoms with Crippen molar-refractivity contribution >= 4 is 38.6 Å². The van der Waals surface area contributed by atoms with E-state index in [9.17, 15) is 31.6 Å². The molecule has 2 aliphatic rings. The minimum Gasteiger partial charge on any atom is -0.454 e. The molecule has 10 nitrogen and oxygen atoms in total. The van der Waals surface area contributed by atoms with Crippen molar-refractivity contribution in [1.82, 2.24) is 13.4 Å². The van der Waals surface area contributed by atoms with E-state index in [2.05, 4.69) is 0 Å². The van der Waals surface area contributed by atoms with Crippen LogP contribution in [0.25, 0.3) is 22.0 Å². The third-order valence-electron chi connectivity index (χ3n) is 8.83. The van der Waals surface area contributed by atoms with Gasteiger partial charge in [0.15, 0.2) is 11.6 Å². The van der Waals surface area contributed by atoms with Crippen LogP contribution in [0.2, 0.25) is 0 Å². The fourth-order valence-electron chi connectivity index (χ4n) is 5.96. The zero-order valence-corrected chi connectivity index (χ0v) is 27.0. The smallest absolute Gasteiger partial charge is 0.332 e. The van der Waals surface area contributed by atoms with Crippen molar-refractivity contribution < 1.29 is 31.5 Å². The highest BCUT2D eigenvalue weighted by atomic mass is 32.2. The Morgan fingerprint density at radius 3 is 2.29 bits per heavy atom. The number of ether oxygens (including phenoxy) is 1. The molecule has 0 N–H and O–H groups in total. The number of fused-ring (bicyclic) bond motifs is 1. The number of amides is 3. The van der Waals surface area contributed by atoms with Crippen LogP contribution in [0.1, 0.15) is 25.3 Å². The van der Waals surface area contributed by atoms with Crippen LogP contribution in [0.4, 0.5) is 19.3 Å². The van der Waals surface area contributed by atoms with Crippen LogP contribution < -0.4 is 15.2 Å². The van der Waals surface area contributed by atoms with Gasteiger partial charge in [-0.25, -0.2) is 30.9 Å². The van der Waals surface area contributed by atoms with Crippen molar-refractivity contribution in [3.63, 3.8) is 0 Å². The van der Waals surface area contributed by atoms with Gasteiger partial charge >= 0.3 is 6.03 Å². The molecule has 7 rings (SSSR count). The number of urea groups is 1. The van der Waals surface area contributed by atoms with Gasteiger partial charge in [0.25, 0.3) is 21.5 Å². The molecule has 1 saturated carbocycles. The Bertz CT molecular complexity index is 2310. The molecular weight excluding hydrogens is 642 g/mol. The number of rotatable bonds is 8. The Morgan fingerprint density at radius 1 is 0.896 bits per heavy atom. The lowest BCUT2D eigenvalue weighted by atomic mass is 10.0. The molecule has 2 aromatic heterocycles. The van der Waals surface area contributed by atoms with Gasteiger partial charge in [0.05, 0.1) is 10.6 Å². The molecule has 246 valence electrons. The zero-order valence-electron chi connectivity index (χ0n) is 26.2. The maximum Gasteiger partial charge on any atom is 0.332 e. The summed E-state index contributed by atoms with van der Waals surface area (Å²) in [7, 11) is -2.76. The predicted octanol–water partition coefficient (Wildman–Crippen LogP) is 6.19. The van der Waals surface area contributed by atoms with Crippen LogP contribution in [0.15, 0.2) is 88.8 Å². The summed E-state index contributed by atoms with van der Waals surface area (Å²) in [6.07, 6.45) is 4.72. The van der Waals surface area contributed by atoms with Crippen molar-refractivity contribution in [3.05, 3.63) is 107 Å². The summed E-state index contributed by atoms with van der Waals surface area (Å²) in [6, 6.07) is 13.8. The third kappa shape index (κ3) is 5.23. The predicted molar refractivity (Wildman–Crippen MR) is 175 cm³/mol. The summed E-state index contributed by atoms with van der Waals surface area (Å²) < 4.78 is 64.1. The van der Waals surface area contributed by atoms with Gasteiger partial charge in [-0.15, -0.1) is 0 Å².